The second kappa shape index (κ2) is 11.5. The molecule has 2 N–H and O–H groups in total. The Morgan fingerprint density at radius 3 is 2.83 bits per heavy atom. The zero-order valence-electron chi connectivity index (χ0n) is 17.6. The summed E-state index contributed by atoms with van der Waals surface area (Å²) in [6, 6.07) is 6.00. The lowest BCUT2D eigenvalue weighted by Crippen LogP contribution is -2.60. The lowest BCUT2D eigenvalue weighted by atomic mass is 10.1. The Morgan fingerprint density at radius 1 is 1.37 bits per heavy atom. The number of nitrogens with zero attached hydrogens (tertiary/aromatic N) is 1. The van der Waals surface area contributed by atoms with Crippen LogP contribution in [0.4, 0.5) is 0 Å². The minimum absolute atomic E-state index is 0.0319. The summed E-state index contributed by atoms with van der Waals surface area (Å²) in [6.07, 6.45) is 1.43. The molecule has 0 aliphatic carbocycles. The van der Waals surface area contributed by atoms with Crippen molar-refractivity contribution < 1.29 is 23.9 Å². The highest BCUT2D eigenvalue weighted by Crippen LogP contribution is 2.16. The van der Waals surface area contributed by atoms with E-state index in [1.807, 2.05) is 20.8 Å². The smallest absolute Gasteiger partial charge is 0.308 e. The Balaban J connectivity index is 2.05. The van der Waals surface area contributed by atoms with E-state index >= 15 is 0 Å². The highest BCUT2D eigenvalue weighted by atomic mass is 32.1. The van der Waals surface area contributed by atoms with Crippen molar-refractivity contribution in [3.05, 3.63) is 29.8 Å². The van der Waals surface area contributed by atoms with Crippen molar-refractivity contribution >= 4 is 35.1 Å². The van der Waals surface area contributed by atoms with Crippen LogP contribution < -0.4 is 15.4 Å². The molecule has 0 radical (unpaired) electrons. The van der Waals surface area contributed by atoms with E-state index in [4.69, 9.17) is 21.7 Å². The number of hydrogen-bond donors (Lipinski definition) is 2. The monoisotopic (exact) mass is 435 g/mol. The van der Waals surface area contributed by atoms with Crippen molar-refractivity contribution in [2.45, 2.75) is 52.2 Å². The zero-order chi connectivity index (χ0) is 22.1. The predicted octanol–water partition coefficient (Wildman–Crippen LogP) is 2.02. The molecule has 2 unspecified atom stereocenters. The van der Waals surface area contributed by atoms with Crippen LogP contribution in [0.25, 0.3) is 0 Å². The van der Waals surface area contributed by atoms with Gasteiger partial charge in [-0.1, -0.05) is 19.9 Å². The van der Waals surface area contributed by atoms with E-state index in [2.05, 4.69) is 10.6 Å². The quantitative estimate of drug-likeness (QED) is 0.476. The van der Waals surface area contributed by atoms with Gasteiger partial charge in [0.2, 0.25) is 5.91 Å². The molecule has 1 aromatic rings. The molecule has 2 atom stereocenters. The summed E-state index contributed by atoms with van der Waals surface area (Å²) in [5.74, 6) is -0.618. The van der Waals surface area contributed by atoms with Crippen molar-refractivity contribution in [2.24, 2.45) is 0 Å². The predicted molar refractivity (Wildman–Crippen MR) is 116 cm³/mol. The Morgan fingerprint density at radius 2 is 2.13 bits per heavy atom. The van der Waals surface area contributed by atoms with E-state index in [0.29, 0.717) is 37.4 Å². The van der Waals surface area contributed by atoms with Gasteiger partial charge < -0.3 is 19.7 Å². The van der Waals surface area contributed by atoms with Gasteiger partial charge in [0, 0.05) is 18.7 Å². The van der Waals surface area contributed by atoms with Crippen LogP contribution in [-0.4, -0.2) is 59.6 Å². The number of carbonyl (C=O) groups excluding carboxylic acids is 3. The molecule has 1 aliphatic heterocycles. The molecule has 9 heteroatoms. The van der Waals surface area contributed by atoms with E-state index in [-0.39, 0.29) is 23.5 Å². The van der Waals surface area contributed by atoms with E-state index in [0.717, 1.165) is 6.42 Å². The molecule has 164 valence electrons. The number of amides is 2. The average Bonchev–Trinajstić information content (AvgIpc) is 2.73. The number of thiocarbonyl (C=S) groups is 1. The van der Waals surface area contributed by atoms with Crippen LogP contribution in [0.1, 0.15) is 50.4 Å². The normalized spacial score (nSPS) is 17.0. The van der Waals surface area contributed by atoms with Gasteiger partial charge in [-0.25, -0.2) is 0 Å². The van der Waals surface area contributed by atoms with E-state index in [1.165, 1.54) is 0 Å². The number of hydrogen-bond acceptors (Lipinski definition) is 6. The molecule has 8 nitrogen and oxygen atoms in total. The number of nitrogens with one attached hydrogen (secondary N) is 2. The number of esters is 1. The summed E-state index contributed by atoms with van der Waals surface area (Å²) in [5, 5.41) is 5.47. The van der Waals surface area contributed by atoms with Gasteiger partial charge >= 0.3 is 5.97 Å². The van der Waals surface area contributed by atoms with Gasteiger partial charge in [0.15, 0.2) is 5.11 Å². The van der Waals surface area contributed by atoms with Crippen molar-refractivity contribution in [1.29, 1.82) is 0 Å². The van der Waals surface area contributed by atoms with Gasteiger partial charge in [-0.3, -0.25) is 19.7 Å². The van der Waals surface area contributed by atoms with Crippen LogP contribution in [-0.2, 0) is 14.3 Å². The molecule has 0 bridgehead atoms. The van der Waals surface area contributed by atoms with Gasteiger partial charge in [0.25, 0.3) is 5.91 Å². The highest BCUT2D eigenvalue weighted by molar-refractivity contribution is 7.80. The lowest BCUT2D eigenvalue weighted by molar-refractivity contribution is -0.147. The molecule has 1 heterocycles. The van der Waals surface area contributed by atoms with Gasteiger partial charge in [0.1, 0.15) is 11.8 Å². The minimum Gasteiger partial charge on any atom is -0.491 e. The first-order valence-corrected chi connectivity index (χ1v) is 10.6. The Hall–Kier alpha value is -2.68. The molecular formula is C21H29N3O5S. The summed E-state index contributed by atoms with van der Waals surface area (Å²) in [5.41, 5.74) is 0.388. The Kier molecular flexibility index (Phi) is 9.04. The van der Waals surface area contributed by atoms with E-state index in [9.17, 15) is 14.4 Å². The molecular weight excluding hydrogens is 406 g/mol. The van der Waals surface area contributed by atoms with Crippen LogP contribution in [0.2, 0.25) is 0 Å². The first-order valence-electron chi connectivity index (χ1n) is 10.2. The fraction of sp³-hybridized carbons (Fsp3) is 0.524. The van der Waals surface area contributed by atoms with Gasteiger partial charge in [-0.15, -0.1) is 0 Å². The largest absolute Gasteiger partial charge is 0.491 e. The molecule has 2 amide bonds. The van der Waals surface area contributed by atoms with Crippen molar-refractivity contribution in [3.8, 4) is 5.75 Å². The van der Waals surface area contributed by atoms with Crippen LogP contribution >= 0.6 is 12.2 Å². The van der Waals surface area contributed by atoms with Crippen molar-refractivity contribution in [1.82, 2.24) is 15.5 Å². The van der Waals surface area contributed by atoms with Crippen molar-refractivity contribution in [2.75, 3.05) is 19.7 Å². The number of piperazine rings is 1. The number of rotatable bonds is 8. The molecule has 1 aromatic carbocycles. The topological polar surface area (TPSA) is 97.0 Å². The van der Waals surface area contributed by atoms with Crippen LogP contribution in [0.3, 0.4) is 0 Å². The summed E-state index contributed by atoms with van der Waals surface area (Å²) in [4.78, 5) is 38.5. The first kappa shape index (κ1) is 23.6. The van der Waals surface area contributed by atoms with Crippen LogP contribution in [0, 0.1) is 0 Å². The molecule has 2 rings (SSSR count). The third-order valence-electron chi connectivity index (χ3n) is 4.65. The standard InChI is InChI=1S/C21H29N3O5S/c1-4-11-28-18(25)13-17-20(27)22-9-10-24(17)21(30)23-19(26)15-7-6-8-16(12-15)29-14(3)5-2/h6-8,12,14,17H,4-5,9-11,13H2,1-3H3,(H,22,27)(H,23,26,30). The van der Waals surface area contributed by atoms with E-state index in [1.54, 1.807) is 29.2 Å². The maximum atomic E-state index is 12.7. The maximum Gasteiger partial charge on any atom is 0.308 e. The Labute approximate surface area is 182 Å². The van der Waals surface area contributed by atoms with Crippen LogP contribution in [0.5, 0.6) is 5.75 Å². The fourth-order valence-electron chi connectivity index (χ4n) is 2.86. The zero-order valence-corrected chi connectivity index (χ0v) is 18.4. The second-order valence-corrected chi connectivity index (χ2v) is 7.44. The Bertz CT molecular complexity index is 786. The molecule has 1 saturated heterocycles. The third kappa shape index (κ3) is 6.69. The molecule has 0 saturated carbocycles. The third-order valence-corrected chi connectivity index (χ3v) is 4.98. The van der Waals surface area contributed by atoms with Crippen LogP contribution in [0.15, 0.2) is 24.3 Å². The summed E-state index contributed by atoms with van der Waals surface area (Å²) in [6.45, 7) is 6.91. The SMILES string of the molecule is CCCOC(=O)CC1C(=O)NCCN1C(=S)NC(=O)c1cccc(OC(C)CC)c1. The van der Waals surface area contributed by atoms with Gasteiger partial charge in [-0.05, 0) is 50.2 Å². The molecule has 1 aliphatic rings. The fourth-order valence-corrected chi connectivity index (χ4v) is 3.17. The maximum absolute atomic E-state index is 12.7. The average molecular weight is 436 g/mol. The summed E-state index contributed by atoms with van der Waals surface area (Å²) >= 11 is 5.37. The minimum atomic E-state index is -0.823. The second-order valence-electron chi connectivity index (χ2n) is 7.05. The summed E-state index contributed by atoms with van der Waals surface area (Å²) in [7, 11) is 0. The molecule has 0 spiro atoms. The van der Waals surface area contributed by atoms with E-state index < -0.39 is 17.9 Å². The number of ether oxygens (including phenoxy) is 2. The number of benzene rings is 1. The van der Waals surface area contributed by atoms with Crippen molar-refractivity contribution in [3.63, 3.8) is 0 Å². The van der Waals surface area contributed by atoms with Gasteiger partial charge in [-0.2, -0.15) is 0 Å². The number of carbonyl (C=O) groups is 3. The van der Waals surface area contributed by atoms with Gasteiger partial charge in [0.05, 0.1) is 19.1 Å². The lowest BCUT2D eigenvalue weighted by Gasteiger charge is -2.36. The highest BCUT2D eigenvalue weighted by Gasteiger charge is 2.34. The molecule has 30 heavy (non-hydrogen) atoms. The molecule has 0 aromatic heterocycles. The molecule has 1 fully saturated rings. The summed E-state index contributed by atoms with van der Waals surface area (Å²) < 4.78 is 10.8. The first-order chi connectivity index (χ1) is 14.3.